The van der Waals surface area contributed by atoms with Gasteiger partial charge in [0.25, 0.3) is 0 Å². The van der Waals surface area contributed by atoms with E-state index in [9.17, 15) is 10.1 Å². The van der Waals surface area contributed by atoms with Crippen LogP contribution in [0.15, 0.2) is 64.8 Å². The molecule has 126 valence electrons. The van der Waals surface area contributed by atoms with Crippen LogP contribution in [0.3, 0.4) is 0 Å². The Morgan fingerprint density at radius 2 is 1.76 bits per heavy atom. The Kier molecular flexibility index (Phi) is 5.03. The molecule has 6 heteroatoms. The van der Waals surface area contributed by atoms with Gasteiger partial charge in [0.15, 0.2) is 5.78 Å². The van der Waals surface area contributed by atoms with Crippen LogP contribution < -0.4 is 9.80 Å². The number of allylic oxidation sites excluding steroid dienone is 1. The molecule has 2 aromatic carbocycles. The normalized spacial score (nSPS) is 12.8. The van der Waals surface area contributed by atoms with Gasteiger partial charge in [-0.2, -0.15) is 5.26 Å². The summed E-state index contributed by atoms with van der Waals surface area (Å²) in [7, 11) is 3.73. The van der Waals surface area contributed by atoms with E-state index >= 15 is 0 Å². The molecular weight excluding hydrogens is 354 g/mol. The average molecular weight is 370 g/mol. The van der Waals surface area contributed by atoms with Gasteiger partial charge in [-0.1, -0.05) is 29.8 Å². The van der Waals surface area contributed by atoms with Crippen molar-refractivity contribution in [3.05, 3.63) is 64.9 Å². The van der Waals surface area contributed by atoms with Gasteiger partial charge in [0.05, 0.1) is 17.1 Å². The molecule has 1 aliphatic rings. The number of carbonyl (C=O) groups is 1. The molecule has 1 heterocycles. The summed E-state index contributed by atoms with van der Waals surface area (Å²) in [6.07, 6.45) is 0. The molecular formula is C19H16ClN3OS. The highest BCUT2D eigenvalue weighted by Crippen LogP contribution is 2.40. The monoisotopic (exact) mass is 369 g/mol. The minimum atomic E-state index is -0.200. The summed E-state index contributed by atoms with van der Waals surface area (Å²) in [6.45, 7) is 0. The molecule has 0 amide bonds. The van der Waals surface area contributed by atoms with Crippen LogP contribution in [0.1, 0.15) is 0 Å². The average Bonchev–Trinajstić information content (AvgIpc) is 2.86. The largest absolute Gasteiger partial charge is 0.328 e. The Morgan fingerprint density at radius 1 is 1.12 bits per heavy atom. The fourth-order valence-electron chi connectivity index (χ4n) is 2.83. The van der Waals surface area contributed by atoms with Gasteiger partial charge >= 0.3 is 0 Å². The highest BCUT2D eigenvalue weighted by molar-refractivity contribution is 8.00. The predicted octanol–water partition coefficient (Wildman–Crippen LogP) is 4.32. The molecule has 0 spiro atoms. The number of anilines is 2. The number of halogens is 1. The van der Waals surface area contributed by atoms with E-state index in [2.05, 4.69) is 6.07 Å². The van der Waals surface area contributed by atoms with Crippen molar-refractivity contribution in [1.29, 1.82) is 5.26 Å². The van der Waals surface area contributed by atoms with Crippen LogP contribution >= 0.6 is 23.4 Å². The van der Waals surface area contributed by atoms with E-state index in [0.29, 0.717) is 10.8 Å². The molecule has 4 nitrogen and oxygen atoms in total. The first-order valence-electron chi connectivity index (χ1n) is 7.65. The number of benzene rings is 2. The maximum atomic E-state index is 12.7. The number of rotatable bonds is 4. The number of para-hydroxylation sites is 2. The maximum absolute atomic E-state index is 12.7. The van der Waals surface area contributed by atoms with Gasteiger partial charge < -0.3 is 9.80 Å². The van der Waals surface area contributed by atoms with Crippen molar-refractivity contribution in [2.45, 2.75) is 4.90 Å². The first-order valence-corrected chi connectivity index (χ1v) is 9.01. The van der Waals surface area contributed by atoms with Gasteiger partial charge in [-0.15, -0.1) is 11.8 Å². The molecule has 0 N–H and O–H groups in total. The van der Waals surface area contributed by atoms with Gasteiger partial charge in [0, 0.05) is 24.0 Å². The van der Waals surface area contributed by atoms with E-state index < -0.39 is 0 Å². The third kappa shape index (κ3) is 3.37. The number of thioether (sulfide) groups is 1. The molecule has 0 atom stereocenters. The van der Waals surface area contributed by atoms with Crippen molar-refractivity contribution >= 4 is 40.5 Å². The predicted molar refractivity (Wildman–Crippen MR) is 103 cm³/mol. The van der Waals surface area contributed by atoms with Crippen LogP contribution in [-0.2, 0) is 4.79 Å². The van der Waals surface area contributed by atoms with E-state index in [-0.39, 0.29) is 17.1 Å². The number of fused-ring (bicyclic) bond motifs is 1. The lowest BCUT2D eigenvalue weighted by Gasteiger charge is -2.19. The number of hydrogen-bond donors (Lipinski definition) is 0. The number of carbonyl (C=O) groups excluding carboxylic acids is 1. The molecule has 2 aromatic rings. The van der Waals surface area contributed by atoms with Crippen LogP contribution in [0.5, 0.6) is 0 Å². The maximum Gasteiger partial charge on any atom is 0.187 e. The number of nitrogens with zero attached hydrogens (tertiary/aromatic N) is 3. The molecule has 0 fully saturated rings. The van der Waals surface area contributed by atoms with Crippen molar-refractivity contribution < 1.29 is 4.79 Å². The molecule has 0 saturated heterocycles. The molecule has 0 radical (unpaired) electrons. The number of hydrogen-bond acceptors (Lipinski definition) is 5. The third-order valence-electron chi connectivity index (χ3n) is 4.02. The second-order valence-corrected chi connectivity index (χ2v) is 7.07. The summed E-state index contributed by atoms with van der Waals surface area (Å²) in [5, 5.41) is 10.2. The Balaban J connectivity index is 1.86. The minimum absolute atomic E-state index is 0.163. The van der Waals surface area contributed by atoms with Gasteiger partial charge in [0.1, 0.15) is 17.5 Å². The van der Waals surface area contributed by atoms with E-state index in [4.69, 9.17) is 11.6 Å². The number of ketones is 1. The summed E-state index contributed by atoms with van der Waals surface area (Å²) in [4.78, 5) is 17.3. The smallest absolute Gasteiger partial charge is 0.187 e. The summed E-state index contributed by atoms with van der Waals surface area (Å²) in [6, 6.07) is 17.2. The number of nitriles is 1. The molecule has 0 saturated carbocycles. The van der Waals surface area contributed by atoms with Gasteiger partial charge in [-0.25, -0.2) is 0 Å². The van der Waals surface area contributed by atoms with E-state index in [1.165, 1.54) is 11.8 Å². The second-order valence-electron chi connectivity index (χ2n) is 5.59. The zero-order valence-electron chi connectivity index (χ0n) is 13.9. The molecule has 25 heavy (non-hydrogen) atoms. The van der Waals surface area contributed by atoms with Gasteiger partial charge in [-0.05, 0) is 30.3 Å². The first-order chi connectivity index (χ1) is 12.0. The van der Waals surface area contributed by atoms with E-state index in [1.54, 1.807) is 6.07 Å². The standard InChI is InChI=1S/C19H16ClN3OS/c1-22-16-8-3-4-9-17(16)23(2)19(22)15(11-21)18(24)12-25-14-7-5-6-13(20)10-14/h3-10H,12H2,1-2H3. The van der Waals surface area contributed by atoms with Crippen LogP contribution in [-0.4, -0.2) is 25.6 Å². The Bertz CT molecular complexity index is 873. The van der Waals surface area contributed by atoms with E-state index in [0.717, 1.165) is 16.3 Å². The van der Waals surface area contributed by atoms with Gasteiger partial charge in [0.2, 0.25) is 0 Å². The minimum Gasteiger partial charge on any atom is -0.328 e. The molecule has 1 aliphatic heterocycles. The molecule has 0 unspecified atom stereocenters. The van der Waals surface area contributed by atoms with E-state index in [1.807, 2.05) is 66.4 Å². The summed E-state index contributed by atoms with van der Waals surface area (Å²) in [5.74, 6) is 0.597. The van der Waals surface area contributed by atoms with Crippen LogP contribution in [0.4, 0.5) is 11.4 Å². The summed E-state index contributed by atoms with van der Waals surface area (Å²) in [5.41, 5.74) is 2.11. The third-order valence-corrected chi connectivity index (χ3v) is 5.25. The molecule has 3 rings (SSSR count). The molecule has 0 aromatic heterocycles. The van der Waals surface area contributed by atoms with Crippen LogP contribution in [0, 0.1) is 11.3 Å². The van der Waals surface area contributed by atoms with Crippen molar-refractivity contribution in [2.24, 2.45) is 0 Å². The SMILES string of the molecule is CN1C(=C(C#N)C(=O)CSc2cccc(Cl)c2)N(C)c2ccccc21. The van der Waals surface area contributed by atoms with Crippen molar-refractivity contribution in [3.8, 4) is 6.07 Å². The lowest BCUT2D eigenvalue weighted by Crippen LogP contribution is -2.26. The first kappa shape index (κ1) is 17.4. The zero-order valence-corrected chi connectivity index (χ0v) is 15.4. The highest BCUT2D eigenvalue weighted by Gasteiger charge is 2.31. The Labute approximate surface area is 156 Å². The zero-order chi connectivity index (χ0) is 18.0. The van der Waals surface area contributed by atoms with Crippen LogP contribution in [0.25, 0.3) is 0 Å². The van der Waals surface area contributed by atoms with Gasteiger partial charge in [-0.3, -0.25) is 4.79 Å². The lowest BCUT2D eigenvalue weighted by molar-refractivity contribution is -0.112. The van der Waals surface area contributed by atoms with Crippen molar-refractivity contribution in [2.75, 3.05) is 29.6 Å². The topological polar surface area (TPSA) is 47.3 Å². The number of Topliss-reactive ketones (excluding diaryl/α,β-unsaturated/α-hetero) is 1. The quantitative estimate of drug-likeness (QED) is 0.456. The Hall–Kier alpha value is -2.42. The van der Waals surface area contributed by atoms with Crippen molar-refractivity contribution in [1.82, 2.24) is 0 Å². The Morgan fingerprint density at radius 3 is 2.32 bits per heavy atom. The summed E-state index contributed by atoms with van der Waals surface area (Å²) < 4.78 is 0. The fourth-order valence-corrected chi connectivity index (χ4v) is 3.92. The molecule has 0 bridgehead atoms. The summed E-state index contributed by atoms with van der Waals surface area (Å²) >= 11 is 7.35. The highest BCUT2D eigenvalue weighted by atomic mass is 35.5. The van der Waals surface area contributed by atoms with Crippen LogP contribution in [0.2, 0.25) is 5.02 Å². The fraction of sp³-hybridized carbons (Fsp3) is 0.158. The van der Waals surface area contributed by atoms with Crippen molar-refractivity contribution in [3.63, 3.8) is 0 Å². The lowest BCUT2D eigenvalue weighted by atomic mass is 10.2. The molecule has 0 aliphatic carbocycles. The second kappa shape index (κ2) is 7.22.